The zero-order chi connectivity index (χ0) is 26.2. The molecular formula is C23H24F3N5O5. The molecule has 0 radical (unpaired) electrons. The first-order valence-electron chi connectivity index (χ1n) is 11.0. The number of nitrogens with zero attached hydrogens (tertiary/aromatic N) is 4. The Morgan fingerprint density at radius 3 is 2.61 bits per heavy atom. The second kappa shape index (κ2) is 9.74. The summed E-state index contributed by atoms with van der Waals surface area (Å²) in [4.78, 5) is 36.4. The summed E-state index contributed by atoms with van der Waals surface area (Å²) in [5.41, 5.74) is 5.08. The van der Waals surface area contributed by atoms with Crippen molar-refractivity contribution < 1.29 is 37.0 Å². The van der Waals surface area contributed by atoms with Gasteiger partial charge in [-0.1, -0.05) is 0 Å². The van der Waals surface area contributed by atoms with Gasteiger partial charge in [0.25, 0.3) is 5.91 Å². The Kier molecular flexibility index (Phi) is 6.87. The molecule has 0 unspecified atom stereocenters. The van der Waals surface area contributed by atoms with Crippen LogP contribution in [0.1, 0.15) is 34.9 Å². The first-order chi connectivity index (χ1) is 17.0. The Hall–Kier alpha value is -3.71. The Bertz CT molecular complexity index is 1310. The Balaban J connectivity index is 1.75. The number of halogens is 3. The number of alkyl halides is 3. The summed E-state index contributed by atoms with van der Waals surface area (Å²) in [6.45, 7) is 1.86. The lowest BCUT2D eigenvalue weighted by Crippen LogP contribution is -2.53. The van der Waals surface area contributed by atoms with Gasteiger partial charge < -0.3 is 29.8 Å². The highest BCUT2D eigenvalue weighted by molar-refractivity contribution is 5.99. The van der Waals surface area contributed by atoms with Gasteiger partial charge in [0.1, 0.15) is 23.5 Å². The summed E-state index contributed by atoms with van der Waals surface area (Å²) in [6, 6.07) is 4.30. The number of methoxy groups -OCH3 is 1. The average Bonchev–Trinajstić information content (AvgIpc) is 3.29. The molecule has 0 saturated carbocycles. The van der Waals surface area contributed by atoms with Crippen LogP contribution in [0, 0.1) is 0 Å². The number of amides is 2. The minimum Gasteiger partial charge on any atom is -0.494 e. The summed E-state index contributed by atoms with van der Waals surface area (Å²) < 4.78 is 50.8. The Morgan fingerprint density at radius 2 is 2.00 bits per heavy atom. The predicted molar refractivity (Wildman–Crippen MR) is 121 cm³/mol. The summed E-state index contributed by atoms with van der Waals surface area (Å²) in [5.74, 6) is -0.726. The van der Waals surface area contributed by atoms with E-state index in [1.54, 1.807) is 13.0 Å². The fourth-order valence-electron chi connectivity index (χ4n) is 4.00. The number of pyridine rings is 1. The number of hydrogen-bond donors (Lipinski definition) is 2. The van der Waals surface area contributed by atoms with Crippen molar-refractivity contribution in [3.8, 4) is 17.2 Å². The predicted octanol–water partition coefficient (Wildman–Crippen LogP) is 2.21. The molecule has 3 heterocycles. The topological polar surface area (TPSA) is 135 Å². The van der Waals surface area contributed by atoms with Crippen molar-refractivity contribution in [1.29, 1.82) is 0 Å². The monoisotopic (exact) mass is 507 g/mol. The molecule has 3 aromatic rings. The zero-order valence-corrected chi connectivity index (χ0v) is 19.5. The number of ether oxygens (including phenoxy) is 1. The van der Waals surface area contributed by atoms with E-state index in [2.05, 4.69) is 9.97 Å². The van der Waals surface area contributed by atoms with Crippen LogP contribution >= 0.6 is 0 Å². The van der Waals surface area contributed by atoms with Gasteiger partial charge in [-0.2, -0.15) is 13.2 Å². The molecule has 0 aliphatic carbocycles. The van der Waals surface area contributed by atoms with Crippen molar-refractivity contribution in [1.82, 2.24) is 19.8 Å². The largest absolute Gasteiger partial charge is 0.494 e. The third-order valence-electron chi connectivity index (χ3n) is 5.81. The van der Waals surface area contributed by atoms with E-state index in [4.69, 9.17) is 20.0 Å². The number of hydrogen-bond acceptors (Lipinski definition) is 8. The maximum atomic E-state index is 13.3. The summed E-state index contributed by atoms with van der Waals surface area (Å²) in [5, 5.41) is 9.35. The number of carbonyl (C=O) groups is 2. The van der Waals surface area contributed by atoms with Crippen LogP contribution in [0.25, 0.3) is 22.4 Å². The van der Waals surface area contributed by atoms with Crippen molar-refractivity contribution >= 4 is 22.7 Å². The van der Waals surface area contributed by atoms with Crippen molar-refractivity contribution in [2.75, 3.05) is 39.9 Å². The summed E-state index contributed by atoms with van der Waals surface area (Å²) in [7, 11) is 1.31. The number of aliphatic hydroxyl groups excluding tert-OH is 1. The lowest BCUT2D eigenvalue weighted by atomic mass is 10.1. The molecule has 0 spiro atoms. The van der Waals surface area contributed by atoms with E-state index in [9.17, 15) is 22.8 Å². The molecule has 1 aliphatic heterocycles. The highest BCUT2D eigenvalue weighted by Crippen LogP contribution is 2.37. The van der Waals surface area contributed by atoms with Gasteiger partial charge in [-0.3, -0.25) is 9.59 Å². The minimum atomic E-state index is -4.65. The van der Waals surface area contributed by atoms with Gasteiger partial charge in [-0.05, 0) is 31.2 Å². The SMILES string of the molecule is COc1ccc(-c2nc(C(=O)N3CCN(CCO)C(=O)C3)c([C@H](C)N)o2)c2ccc(C(F)(F)F)nc12. The van der Waals surface area contributed by atoms with Crippen molar-refractivity contribution in [3.05, 3.63) is 41.4 Å². The molecule has 192 valence electrons. The summed E-state index contributed by atoms with van der Waals surface area (Å²) >= 11 is 0. The van der Waals surface area contributed by atoms with E-state index in [1.165, 1.54) is 29.0 Å². The van der Waals surface area contributed by atoms with E-state index in [1.807, 2.05) is 0 Å². The molecule has 1 fully saturated rings. The van der Waals surface area contributed by atoms with E-state index in [-0.39, 0.29) is 78.3 Å². The minimum absolute atomic E-state index is 0.0369. The van der Waals surface area contributed by atoms with E-state index in [0.717, 1.165) is 6.07 Å². The number of β-amino-alcohol motifs (C(OH)–C–C–N with tert-alkyl or cyclic N) is 1. The van der Waals surface area contributed by atoms with Crippen molar-refractivity contribution in [2.45, 2.75) is 19.1 Å². The van der Waals surface area contributed by atoms with Crippen LogP contribution in [0.15, 0.2) is 28.7 Å². The van der Waals surface area contributed by atoms with Crippen molar-refractivity contribution in [2.24, 2.45) is 5.73 Å². The maximum Gasteiger partial charge on any atom is 0.433 e. The third-order valence-corrected chi connectivity index (χ3v) is 5.81. The number of carbonyl (C=O) groups excluding carboxylic acids is 2. The number of benzene rings is 1. The van der Waals surface area contributed by atoms with Crippen LogP contribution in [0.5, 0.6) is 5.75 Å². The van der Waals surface area contributed by atoms with Gasteiger partial charge in [0.15, 0.2) is 11.5 Å². The van der Waals surface area contributed by atoms with Gasteiger partial charge in [-0.25, -0.2) is 9.97 Å². The highest BCUT2D eigenvalue weighted by Gasteiger charge is 2.34. The van der Waals surface area contributed by atoms with Gasteiger partial charge in [0.05, 0.1) is 19.8 Å². The number of oxazole rings is 1. The third kappa shape index (κ3) is 4.71. The molecule has 3 N–H and O–H groups in total. The smallest absolute Gasteiger partial charge is 0.433 e. The molecule has 1 atom stereocenters. The highest BCUT2D eigenvalue weighted by atomic mass is 19.4. The number of rotatable bonds is 6. The fraction of sp³-hybridized carbons (Fsp3) is 0.391. The number of fused-ring (bicyclic) bond motifs is 1. The molecule has 10 nitrogen and oxygen atoms in total. The quantitative estimate of drug-likeness (QED) is 0.519. The van der Waals surface area contributed by atoms with Crippen LogP contribution in [-0.4, -0.2) is 76.6 Å². The second-order valence-corrected chi connectivity index (χ2v) is 8.26. The second-order valence-electron chi connectivity index (χ2n) is 8.26. The molecule has 2 amide bonds. The van der Waals surface area contributed by atoms with Crippen LogP contribution < -0.4 is 10.5 Å². The normalized spacial score (nSPS) is 15.5. The lowest BCUT2D eigenvalue weighted by molar-refractivity contribution is -0.141. The van der Waals surface area contributed by atoms with Crippen LogP contribution in [0.4, 0.5) is 13.2 Å². The molecule has 4 rings (SSSR count). The molecule has 0 bridgehead atoms. The van der Waals surface area contributed by atoms with Gasteiger partial charge in [0, 0.05) is 30.6 Å². The summed E-state index contributed by atoms with van der Waals surface area (Å²) in [6.07, 6.45) is -4.65. The molecule has 36 heavy (non-hydrogen) atoms. The van der Waals surface area contributed by atoms with Crippen LogP contribution in [0.3, 0.4) is 0 Å². The number of piperazine rings is 1. The molecule has 2 aromatic heterocycles. The van der Waals surface area contributed by atoms with Gasteiger partial charge in [-0.15, -0.1) is 0 Å². The molecular weight excluding hydrogens is 483 g/mol. The fourth-order valence-corrected chi connectivity index (χ4v) is 4.00. The average molecular weight is 507 g/mol. The molecule has 1 aliphatic rings. The van der Waals surface area contributed by atoms with Crippen LogP contribution in [-0.2, 0) is 11.0 Å². The molecule has 1 saturated heterocycles. The Morgan fingerprint density at radius 1 is 1.25 bits per heavy atom. The van der Waals surface area contributed by atoms with Crippen molar-refractivity contribution in [3.63, 3.8) is 0 Å². The first-order valence-corrected chi connectivity index (χ1v) is 11.0. The Labute approximate surface area is 203 Å². The zero-order valence-electron chi connectivity index (χ0n) is 19.5. The number of nitrogens with two attached hydrogens (primary N) is 1. The van der Waals surface area contributed by atoms with Crippen LogP contribution in [0.2, 0.25) is 0 Å². The van der Waals surface area contributed by atoms with E-state index < -0.39 is 23.8 Å². The maximum absolute atomic E-state index is 13.3. The lowest BCUT2D eigenvalue weighted by Gasteiger charge is -2.33. The van der Waals surface area contributed by atoms with E-state index in [0.29, 0.717) is 0 Å². The van der Waals surface area contributed by atoms with Gasteiger partial charge in [0.2, 0.25) is 11.8 Å². The number of aliphatic hydroxyl groups is 1. The first kappa shape index (κ1) is 25.4. The van der Waals surface area contributed by atoms with Gasteiger partial charge >= 0.3 is 6.18 Å². The number of aromatic nitrogens is 2. The standard InChI is InChI=1S/C23H24F3N5O5/c1-12(27)20-19(22(34)31-8-7-30(9-10-32)17(33)11-31)29-21(36-20)14-3-5-15(35-2)18-13(14)4-6-16(28-18)23(24,25)26/h3-6,12,32H,7-11,27H2,1-2H3/t12-/m0/s1. The van der Waals surface area contributed by atoms with E-state index >= 15 is 0 Å². The molecule has 13 heteroatoms. The molecule has 1 aromatic carbocycles.